The van der Waals surface area contributed by atoms with Crippen molar-refractivity contribution in [1.29, 1.82) is 0 Å². The molecule has 2 rings (SSSR count). The van der Waals surface area contributed by atoms with E-state index < -0.39 is 5.97 Å². The predicted molar refractivity (Wildman–Crippen MR) is 95.3 cm³/mol. The van der Waals surface area contributed by atoms with Crippen LogP contribution >= 0.6 is 23.8 Å². The number of carboxylic acid groups (broad SMARTS) is 1. The van der Waals surface area contributed by atoms with Gasteiger partial charge in [-0.15, -0.1) is 0 Å². The summed E-state index contributed by atoms with van der Waals surface area (Å²) in [5.74, 6) is -1.34. The Morgan fingerprint density at radius 3 is 2.54 bits per heavy atom. The maximum absolute atomic E-state index is 11.6. The minimum atomic E-state index is -1.15. The zero-order valence-corrected chi connectivity index (χ0v) is 14.5. The van der Waals surface area contributed by atoms with Crippen LogP contribution < -0.4 is 10.6 Å². The zero-order valence-electron chi connectivity index (χ0n) is 12.9. The Labute approximate surface area is 148 Å². The van der Waals surface area contributed by atoms with Crippen LogP contribution in [0, 0.1) is 5.92 Å². The molecule has 0 atom stereocenters. The summed E-state index contributed by atoms with van der Waals surface area (Å²) in [7, 11) is 0. The average Bonchev–Trinajstić information content (AvgIpc) is 2.99. The van der Waals surface area contributed by atoms with Crippen LogP contribution in [0.15, 0.2) is 34.7 Å². The van der Waals surface area contributed by atoms with E-state index in [9.17, 15) is 9.59 Å². The number of amides is 1. The van der Waals surface area contributed by atoms with Gasteiger partial charge in [0.15, 0.2) is 5.11 Å². The van der Waals surface area contributed by atoms with Crippen molar-refractivity contribution in [3.8, 4) is 11.3 Å². The number of furan rings is 1. The highest BCUT2D eigenvalue weighted by Gasteiger charge is 2.13. The van der Waals surface area contributed by atoms with Crippen molar-refractivity contribution in [1.82, 2.24) is 5.32 Å². The van der Waals surface area contributed by atoms with Crippen LogP contribution in [0.5, 0.6) is 0 Å². The van der Waals surface area contributed by atoms with E-state index in [2.05, 4.69) is 10.6 Å². The first-order valence-corrected chi connectivity index (χ1v) is 7.81. The second kappa shape index (κ2) is 7.46. The zero-order chi connectivity index (χ0) is 17.9. The summed E-state index contributed by atoms with van der Waals surface area (Å²) in [5, 5.41) is 14.8. The minimum Gasteiger partial charge on any atom is -0.475 e. The molecule has 2 aromatic rings. The Balaban J connectivity index is 2.20. The highest BCUT2D eigenvalue weighted by molar-refractivity contribution is 7.80. The van der Waals surface area contributed by atoms with Crippen molar-refractivity contribution in [2.24, 2.45) is 5.92 Å². The van der Waals surface area contributed by atoms with Gasteiger partial charge < -0.3 is 20.2 Å². The molecule has 1 amide bonds. The number of thiocarbonyl (C=S) groups is 1. The van der Waals surface area contributed by atoms with Gasteiger partial charge in [0.25, 0.3) is 0 Å². The quantitative estimate of drug-likeness (QED) is 0.713. The van der Waals surface area contributed by atoms with Gasteiger partial charge in [-0.3, -0.25) is 4.79 Å². The Morgan fingerprint density at radius 1 is 1.25 bits per heavy atom. The Hall–Kier alpha value is -2.38. The molecule has 0 bridgehead atoms. The highest BCUT2D eigenvalue weighted by Crippen LogP contribution is 2.30. The highest BCUT2D eigenvalue weighted by atomic mass is 35.5. The maximum atomic E-state index is 11.6. The molecule has 8 heteroatoms. The number of carbonyl (C=O) groups is 2. The molecular formula is C16H15ClN2O4S. The Morgan fingerprint density at radius 2 is 1.96 bits per heavy atom. The number of benzene rings is 1. The number of halogens is 1. The molecular weight excluding hydrogens is 352 g/mol. The summed E-state index contributed by atoms with van der Waals surface area (Å²) in [4.78, 5) is 22.5. The van der Waals surface area contributed by atoms with Gasteiger partial charge in [-0.25, -0.2) is 4.79 Å². The largest absolute Gasteiger partial charge is 0.475 e. The van der Waals surface area contributed by atoms with Crippen molar-refractivity contribution in [3.05, 3.63) is 41.1 Å². The molecule has 1 aromatic heterocycles. The van der Waals surface area contributed by atoms with Crippen LogP contribution in [0.4, 0.5) is 5.69 Å². The van der Waals surface area contributed by atoms with E-state index in [1.807, 2.05) is 0 Å². The van der Waals surface area contributed by atoms with Gasteiger partial charge >= 0.3 is 5.97 Å². The number of rotatable bonds is 4. The first kappa shape index (κ1) is 18.0. The molecule has 6 nitrogen and oxygen atoms in total. The molecule has 0 fully saturated rings. The van der Waals surface area contributed by atoms with Gasteiger partial charge in [0.1, 0.15) is 5.76 Å². The number of nitrogens with one attached hydrogen (secondary N) is 2. The van der Waals surface area contributed by atoms with E-state index in [1.54, 1.807) is 38.1 Å². The van der Waals surface area contributed by atoms with Crippen LogP contribution in [0.1, 0.15) is 24.4 Å². The third-order valence-corrected chi connectivity index (χ3v) is 3.61. The van der Waals surface area contributed by atoms with Gasteiger partial charge in [-0.05, 0) is 42.5 Å². The average molecular weight is 367 g/mol. The topological polar surface area (TPSA) is 91.6 Å². The molecule has 24 heavy (non-hydrogen) atoms. The van der Waals surface area contributed by atoms with Crippen molar-refractivity contribution in [2.75, 3.05) is 5.32 Å². The Bertz CT molecular complexity index is 801. The van der Waals surface area contributed by atoms with E-state index in [0.29, 0.717) is 22.0 Å². The van der Waals surface area contributed by atoms with Gasteiger partial charge in [0.2, 0.25) is 11.7 Å². The molecule has 0 aliphatic carbocycles. The van der Waals surface area contributed by atoms with Crippen LogP contribution in [0.2, 0.25) is 5.02 Å². The second-order valence-electron chi connectivity index (χ2n) is 5.26. The predicted octanol–water partition coefficient (Wildman–Crippen LogP) is 3.77. The molecule has 0 saturated carbocycles. The maximum Gasteiger partial charge on any atom is 0.371 e. The first-order valence-electron chi connectivity index (χ1n) is 7.03. The molecule has 0 radical (unpaired) electrons. The summed E-state index contributed by atoms with van der Waals surface area (Å²) in [6.45, 7) is 3.50. The summed E-state index contributed by atoms with van der Waals surface area (Å²) < 4.78 is 5.25. The van der Waals surface area contributed by atoms with Crippen LogP contribution in [-0.2, 0) is 4.79 Å². The number of carboxylic acids is 1. The molecule has 1 aromatic carbocycles. The van der Waals surface area contributed by atoms with Gasteiger partial charge in [-0.1, -0.05) is 25.4 Å². The molecule has 0 saturated heterocycles. The monoisotopic (exact) mass is 366 g/mol. The van der Waals surface area contributed by atoms with E-state index in [1.165, 1.54) is 6.07 Å². The lowest BCUT2D eigenvalue weighted by atomic mass is 10.1. The molecule has 0 spiro atoms. The number of hydrogen-bond acceptors (Lipinski definition) is 4. The molecule has 0 unspecified atom stereocenters. The molecule has 3 N–H and O–H groups in total. The normalized spacial score (nSPS) is 10.5. The van der Waals surface area contributed by atoms with Crippen molar-refractivity contribution >= 4 is 46.5 Å². The molecule has 126 valence electrons. The lowest BCUT2D eigenvalue weighted by molar-refractivity contribution is -0.122. The summed E-state index contributed by atoms with van der Waals surface area (Å²) in [5.41, 5.74) is 1.09. The summed E-state index contributed by atoms with van der Waals surface area (Å²) in [6.07, 6.45) is 0. The third kappa shape index (κ3) is 4.33. The van der Waals surface area contributed by atoms with Gasteiger partial charge in [-0.2, -0.15) is 0 Å². The number of aromatic carboxylic acids is 1. The minimum absolute atomic E-state index is 0.124. The molecule has 1 heterocycles. The first-order chi connectivity index (χ1) is 11.3. The van der Waals surface area contributed by atoms with Crippen LogP contribution in [-0.4, -0.2) is 22.1 Å². The lowest BCUT2D eigenvalue weighted by Gasteiger charge is -2.13. The van der Waals surface area contributed by atoms with Crippen molar-refractivity contribution < 1.29 is 19.1 Å². The van der Waals surface area contributed by atoms with E-state index in [-0.39, 0.29) is 22.7 Å². The fourth-order valence-corrected chi connectivity index (χ4v) is 2.17. The third-order valence-electron chi connectivity index (χ3n) is 3.08. The summed E-state index contributed by atoms with van der Waals surface area (Å²) >= 11 is 11.2. The lowest BCUT2D eigenvalue weighted by Crippen LogP contribution is -2.36. The van der Waals surface area contributed by atoms with Crippen LogP contribution in [0.25, 0.3) is 11.3 Å². The smallest absolute Gasteiger partial charge is 0.371 e. The standard InChI is InChI=1S/C16H15ClN2O4S/c1-8(2)14(20)19-16(24)18-11-7-9(3-4-10(11)17)12-5-6-13(23-12)15(21)22/h3-8H,1-2H3,(H,21,22)(H2,18,19,20,24). The van der Waals surface area contributed by atoms with Crippen molar-refractivity contribution in [3.63, 3.8) is 0 Å². The second-order valence-corrected chi connectivity index (χ2v) is 6.08. The Kier molecular flexibility index (Phi) is 5.58. The number of hydrogen-bond donors (Lipinski definition) is 3. The SMILES string of the molecule is CC(C)C(=O)NC(=S)Nc1cc(-c2ccc(C(=O)O)o2)ccc1Cl. The van der Waals surface area contributed by atoms with E-state index >= 15 is 0 Å². The fraction of sp³-hybridized carbons (Fsp3) is 0.188. The number of carbonyl (C=O) groups excluding carboxylic acids is 1. The van der Waals surface area contributed by atoms with Gasteiger partial charge in [0, 0.05) is 11.5 Å². The summed E-state index contributed by atoms with van der Waals surface area (Å²) in [6, 6.07) is 7.88. The van der Waals surface area contributed by atoms with Gasteiger partial charge in [0.05, 0.1) is 10.7 Å². The van der Waals surface area contributed by atoms with Crippen molar-refractivity contribution in [2.45, 2.75) is 13.8 Å². The molecule has 0 aliphatic rings. The fourth-order valence-electron chi connectivity index (χ4n) is 1.79. The van der Waals surface area contributed by atoms with E-state index in [0.717, 1.165) is 0 Å². The van der Waals surface area contributed by atoms with Crippen LogP contribution in [0.3, 0.4) is 0 Å². The van der Waals surface area contributed by atoms with E-state index in [4.69, 9.17) is 33.3 Å². The molecule has 0 aliphatic heterocycles. The number of anilines is 1.